The fourth-order valence-electron chi connectivity index (χ4n) is 1.31. The van der Waals surface area contributed by atoms with E-state index in [1.165, 1.54) is 0 Å². The van der Waals surface area contributed by atoms with Gasteiger partial charge in [0, 0.05) is 12.9 Å². The van der Waals surface area contributed by atoms with Crippen LogP contribution in [0.1, 0.15) is 12.8 Å². The number of nitrogens with one attached hydrogen (secondary N) is 1. The van der Waals surface area contributed by atoms with Crippen LogP contribution in [0.4, 0.5) is 0 Å². The van der Waals surface area contributed by atoms with Gasteiger partial charge in [-0.15, -0.1) is 0 Å². The minimum absolute atomic E-state index is 0.0404. The molecule has 0 aromatic carbocycles. The van der Waals surface area contributed by atoms with E-state index in [0.717, 1.165) is 12.8 Å². The molecule has 1 aliphatic rings. The summed E-state index contributed by atoms with van der Waals surface area (Å²) in [5.74, 6) is -0.0404. The minimum atomic E-state index is -1.19. The lowest BCUT2D eigenvalue weighted by Gasteiger charge is -2.28. The van der Waals surface area contributed by atoms with Crippen LogP contribution in [0, 0.1) is 0 Å². The summed E-state index contributed by atoms with van der Waals surface area (Å²) in [7, 11) is 0.452. The standard InChI is InChI=1S/C6H14BNO3/c1-11-6-3-2-5(4-8-6)7(9)10/h5-6,8-10H,2-4H2,1H3. The quantitative estimate of drug-likeness (QED) is 0.461. The van der Waals surface area contributed by atoms with Gasteiger partial charge in [0.05, 0.1) is 0 Å². The summed E-state index contributed by atoms with van der Waals surface area (Å²) in [5.41, 5.74) is 0. The first-order valence-electron chi connectivity index (χ1n) is 3.86. The minimum Gasteiger partial charge on any atom is -0.427 e. The van der Waals surface area contributed by atoms with Crippen molar-refractivity contribution in [2.45, 2.75) is 24.9 Å². The van der Waals surface area contributed by atoms with E-state index in [1.807, 2.05) is 0 Å². The molecule has 0 saturated carbocycles. The van der Waals surface area contributed by atoms with Crippen LogP contribution in [0.25, 0.3) is 0 Å². The van der Waals surface area contributed by atoms with Crippen molar-refractivity contribution < 1.29 is 14.8 Å². The Labute approximate surface area is 66.7 Å². The predicted octanol–water partition coefficient (Wildman–Crippen LogP) is -0.815. The van der Waals surface area contributed by atoms with E-state index in [1.54, 1.807) is 7.11 Å². The Morgan fingerprint density at radius 2 is 2.18 bits per heavy atom. The third-order valence-corrected chi connectivity index (χ3v) is 2.11. The van der Waals surface area contributed by atoms with Crippen molar-refractivity contribution in [2.24, 2.45) is 0 Å². The lowest BCUT2D eigenvalue weighted by atomic mass is 9.69. The Kier molecular flexibility index (Phi) is 3.32. The highest BCUT2D eigenvalue weighted by molar-refractivity contribution is 6.43. The molecule has 2 unspecified atom stereocenters. The van der Waals surface area contributed by atoms with Crippen molar-refractivity contribution in [3.05, 3.63) is 0 Å². The zero-order valence-corrected chi connectivity index (χ0v) is 6.66. The summed E-state index contributed by atoms with van der Waals surface area (Å²) < 4.78 is 5.04. The van der Waals surface area contributed by atoms with Gasteiger partial charge in [0.25, 0.3) is 0 Å². The van der Waals surface area contributed by atoms with Crippen LogP contribution in [0.5, 0.6) is 0 Å². The van der Waals surface area contributed by atoms with E-state index >= 15 is 0 Å². The number of rotatable bonds is 2. The van der Waals surface area contributed by atoms with Crippen molar-refractivity contribution in [1.82, 2.24) is 5.32 Å². The van der Waals surface area contributed by atoms with Crippen LogP contribution in [-0.2, 0) is 4.74 Å². The van der Waals surface area contributed by atoms with Crippen LogP contribution in [-0.4, -0.2) is 37.0 Å². The summed E-state index contributed by atoms with van der Waals surface area (Å²) in [6.45, 7) is 0.621. The second-order valence-corrected chi connectivity index (χ2v) is 2.88. The molecule has 0 radical (unpaired) electrons. The van der Waals surface area contributed by atoms with Crippen molar-refractivity contribution >= 4 is 7.12 Å². The van der Waals surface area contributed by atoms with Gasteiger partial charge >= 0.3 is 7.12 Å². The third-order valence-electron chi connectivity index (χ3n) is 2.11. The van der Waals surface area contributed by atoms with Gasteiger partial charge < -0.3 is 14.8 Å². The number of methoxy groups -OCH3 is 1. The van der Waals surface area contributed by atoms with Gasteiger partial charge in [-0.1, -0.05) is 0 Å². The zero-order chi connectivity index (χ0) is 8.27. The second-order valence-electron chi connectivity index (χ2n) is 2.88. The third kappa shape index (κ3) is 2.45. The molecule has 5 heteroatoms. The van der Waals surface area contributed by atoms with Gasteiger partial charge in [-0.25, -0.2) is 0 Å². The topological polar surface area (TPSA) is 61.7 Å². The maximum absolute atomic E-state index is 8.81. The monoisotopic (exact) mass is 159 g/mol. The van der Waals surface area contributed by atoms with Gasteiger partial charge in [-0.3, -0.25) is 5.32 Å². The van der Waals surface area contributed by atoms with E-state index < -0.39 is 7.12 Å². The summed E-state index contributed by atoms with van der Waals surface area (Å²) in [6, 6.07) is 0. The van der Waals surface area contributed by atoms with Gasteiger partial charge in [-0.05, 0) is 19.4 Å². The molecular formula is C6H14BNO3. The van der Waals surface area contributed by atoms with Gasteiger partial charge in [-0.2, -0.15) is 0 Å². The first-order valence-corrected chi connectivity index (χ1v) is 3.86. The van der Waals surface area contributed by atoms with Crippen LogP contribution in [0.15, 0.2) is 0 Å². The lowest BCUT2D eigenvalue weighted by molar-refractivity contribution is 0.0502. The number of piperidine rings is 1. The van der Waals surface area contributed by atoms with E-state index in [9.17, 15) is 0 Å². The Bertz CT molecular complexity index is 114. The van der Waals surface area contributed by atoms with Gasteiger partial charge in [0.2, 0.25) is 0 Å². The van der Waals surface area contributed by atoms with Crippen molar-refractivity contribution in [3.8, 4) is 0 Å². The SMILES string of the molecule is COC1CCC(B(O)O)CN1. The van der Waals surface area contributed by atoms with E-state index in [2.05, 4.69) is 5.32 Å². The molecule has 0 amide bonds. The molecule has 1 fully saturated rings. The fraction of sp³-hybridized carbons (Fsp3) is 1.00. The predicted molar refractivity (Wildman–Crippen MR) is 42.0 cm³/mol. The largest absolute Gasteiger partial charge is 0.456 e. The number of hydrogen-bond donors (Lipinski definition) is 3. The van der Waals surface area contributed by atoms with E-state index in [-0.39, 0.29) is 12.0 Å². The number of hydrogen-bond acceptors (Lipinski definition) is 4. The summed E-state index contributed by atoms with van der Waals surface area (Å²) in [6.07, 6.45) is 1.74. The second kappa shape index (κ2) is 4.06. The van der Waals surface area contributed by atoms with Crippen LogP contribution < -0.4 is 5.32 Å². The molecule has 11 heavy (non-hydrogen) atoms. The van der Waals surface area contributed by atoms with Crippen molar-refractivity contribution in [3.63, 3.8) is 0 Å². The first-order chi connectivity index (χ1) is 5.24. The highest BCUT2D eigenvalue weighted by atomic mass is 16.5. The van der Waals surface area contributed by atoms with Crippen molar-refractivity contribution in [1.29, 1.82) is 0 Å². The summed E-state index contributed by atoms with van der Waals surface area (Å²) in [5, 5.41) is 20.7. The smallest absolute Gasteiger partial charge is 0.427 e. The molecule has 4 nitrogen and oxygen atoms in total. The average Bonchev–Trinajstić information content (AvgIpc) is 2.05. The maximum Gasteiger partial charge on any atom is 0.456 e. The molecule has 0 spiro atoms. The first kappa shape index (κ1) is 9.00. The number of ether oxygens (including phenoxy) is 1. The highest BCUT2D eigenvalue weighted by Gasteiger charge is 2.28. The van der Waals surface area contributed by atoms with Crippen molar-refractivity contribution in [2.75, 3.05) is 13.7 Å². The Morgan fingerprint density at radius 3 is 2.55 bits per heavy atom. The van der Waals surface area contributed by atoms with Gasteiger partial charge in [0.15, 0.2) is 0 Å². The summed E-state index contributed by atoms with van der Waals surface area (Å²) >= 11 is 0. The molecule has 1 rings (SSSR count). The maximum atomic E-state index is 8.81. The fourth-order valence-corrected chi connectivity index (χ4v) is 1.31. The molecule has 2 atom stereocenters. The van der Waals surface area contributed by atoms with Crippen LogP contribution >= 0.6 is 0 Å². The Morgan fingerprint density at radius 1 is 1.45 bits per heavy atom. The Balaban J connectivity index is 2.24. The normalized spacial score (nSPS) is 31.9. The molecule has 0 aromatic rings. The van der Waals surface area contributed by atoms with E-state index in [0.29, 0.717) is 6.54 Å². The zero-order valence-electron chi connectivity index (χ0n) is 6.66. The van der Waals surface area contributed by atoms with Gasteiger partial charge in [0.1, 0.15) is 6.23 Å². The molecule has 0 aromatic heterocycles. The molecular weight excluding hydrogens is 145 g/mol. The summed E-state index contributed by atoms with van der Waals surface area (Å²) in [4.78, 5) is 0. The average molecular weight is 159 g/mol. The molecule has 1 heterocycles. The lowest BCUT2D eigenvalue weighted by Crippen LogP contribution is -2.42. The molecule has 1 aliphatic heterocycles. The molecule has 1 saturated heterocycles. The molecule has 64 valence electrons. The Hall–Kier alpha value is -0.0951. The van der Waals surface area contributed by atoms with E-state index in [4.69, 9.17) is 14.8 Å². The van der Waals surface area contributed by atoms with Crippen LogP contribution in [0.3, 0.4) is 0 Å². The van der Waals surface area contributed by atoms with Crippen LogP contribution in [0.2, 0.25) is 5.82 Å². The molecule has 0 bridgehead atoms. The highest BCUT2D eigenvalue weighted by Crippen LogP contribution is 2.20. The molecule has 0 aliphatic carbocycles. The molecule has 3 N–H and O–H groups in total.